The number of nitro groups is 1. The van der Waals surface area contributed by atoms with Crippen LogP contribution >= 0.6 is 23.1 Å². The van der Waals surface area contributed by atoms with Gasteiger partial charge >= 0.3 is 0 Å². The Bertz CT molecular complexity index is 610. The van der Waals surface area contributed by atoms with E-state index in [0.29, 0.717) is 16.7 Å². The number of nitrogens with zero attached hydrogens (tertiary/aromatic N) is 2. The maximum Gasteiger partial charge on any atom is 0.270 e. The number of non-ortho nitro benzene ring substituents is 1. The third kappa shape index (κ3) is 2.74. The van der Waals surface area contributed by atoms with Crippen LogP contribution < -0.4 is 0 Å². The van der Waals surface area contributed by atoms with E-state index in [2.05, 4.69) is 4.98 Å². The molecule has 0 aliphatic carbocycles. The molecule has 0 spiro atoms. The first-order valence-corrected chi connectivity index (χ1v) is 6.63. The summed E-state index contributed by atoms with van der Waals surface area (Å²) in [6.45, 7) is 1.89. The van der Waals surface area contributed by atoms with Gasteiger partial charge in [-0.25, -0.2) is 4.98 Å². The van der Waals surface area contributed by atoms with Gasteiger partial charge < -0.3 is 0 Å². The van der Waals surface area contributed by atoms with Crippen molar-refractivity contribution in [1.82, 2.24) is 4.98 Å². The van der Waals surface area contributed by atoms with Crippen molar-refractivity contribution in [3.63, 3.8) is 0 Å². The summed E-state index contributed by atoms with van der Waals surface area (Å²) in [5, 5.41) is 12.5. The standard InChI is InChI=1S/C11H8N2O3S2/c1-7-6-17-11(12-7)18-10-3-2-9(13(15)16)4-8(10)5-14/h2-6H,1H3. The van der Waals surface area contributed by atoms with Crippen LogP contribution in [0.4, 0.5) is 5.69 Å². The second-order valence-corrected chi connectivity index (χ2v) is 5.60. The highest BCUT2D eigenvalue weighted by molar-refractivity contribution is 8.01. The number of hydrogen-bond donors (Lipinski definition) is 0. The summed E-state index contributed by atoms with van der Waals surface area (Å²) in [6, 6.07) is 4.23. The summed E-state index contributed by atoms with van der Waals surface area (Å²) in [6.07, 6.45) is 0.621. The highest BCUT2D eigenvalue weighted by atomic mass is 32.2. The largest absolute Gasteiger partial charge is 0.298 e. The first kappa shape index (κ1) is 12.7. The summed E-state index contributed by atoms with van der Waals surface area (Å²) >= 11 is 2.81. The van der Waals surface area contributed by atoms with E-state index in [0.717, 1.165) is 10.0 Å². The number of benzene rings is 1. The number of rotatable bonds is 4. The van der Waals surface area contributed by atoms with E-state index >= 15 is 0 Å². The minimum atomic E-state index is -0.519. The maximum atomic E-state index is 10.9. The Hall–Kier alpha value is -1.73. The van der Waals surface area contributed by atoms with Gasteiger partial charge in [0.25, 0.3) is 5.69 Å². The van der Waals surface area contributed by atoms with E-state index < -0.39 is 4.92 Å². The van der Waals surface area contributed by atoms with Crippen molar-refractivity contribution in [1.29, 1.82) is 0 Å². The predicted molar refractivity (Wildman–Crippen MR) is 69.5 cm³/mol. The lowest BCUT2D eigenvalue weighted by Crippen LogP contribution is -1.91. The van der Waals surface area contributed by atoms with Gasteiger partial charge in [-0.15, -0.1) is 11.3 Å². The predicted octanol–water partition coefficient (Wildman–Crippen LogP) is 3.32. The van der Waals surface area contributed by atoms with Crippen LogP contribution in [-0.4, -0.2) is 16.2 Å². The average molecular weight is 280 g/mol. The highest BCUT2D eigenvalue weighted by Crippen LogP contribution is 2.33. The molecule has 0 bridgehead atoms. The van der Waals surface area contributed by atoms with E-state index in [1.807, 2.05) is 12.3 Å². The number of aromatic nitrogens is 1. The number of aldehydes is 1. The Labute approximate surface area is 111 Å². The molecule has 0 radical (unpaired) electrons. The topological polar surface area (TPSA) is 73.1 Å². The number of carbonyl (C=O) groups excluding carboxylic acids is 1. The molecule has 0 fully saturated rings. The average Bonchev–Trinajstić information content (AvgIpc) is 2.75. The van der Waals surface area contributed by atoms with Crippen LogP contribution in [-0.2, 0) is 0 Å². The molecule has 2 aromatic rings. The Morgan fingerprint density at radius 1 is 1.50 bits per heavy atom. The van der Waals surface area contributed by atoms with Crippen molar-refractivity contribution in [2.24, 2.45) is 0 Å². The summed E-state index contributed by atoms with van der Waals surface area (Å²) in [5.41, 5.74) is 1.14. The fourth-order valence-corrected chi connectivity index (χ4v) is 3.17. The van der Waals surface area contributed by atoms with Crippen LogP contribution in [0, 0.1) is 17.0 Å². The lowest BCUT2D eigenvalue weighted by molar-refractivity contribution is -0.384. The quantitative estimate of drug-likeness (QED) is 0.488. The van der Waals surface area contributed by atoms with Crippen molar-refractivity contribution >= 4 is 35.1 Å². The second kappa shape index (κ2) is 5.28. The molecule has 2 rings (SSSR count). The van der Waals surface area contributed by atoms with E-state index in [4.69, 9.17) is 0 Å². The second-order valence-electron chi connectivity index (χ2n) is 3.45. The monoisotopic (exact) mass is 280 g/mol. The van der Waals surface area contributed by atoms with E-state index in [-0.39, 0.29) is 5.69 Å². The van der Waals surface area contributed by atoms with Gasteiger partial charge in [0.05, 0.1) is 4.92 Å². The molecule has 0 aliphatic heterocycles. The van der Waals surface area contributed by atoms with Gasteiger partial charge in [0.15, 0.2) is 10.6 Å². The fraction of sp³-hybridized carbons (Fsp3) is 0.0909. The van der Waals surface area contributed by atoms with E-state index in [1.54, 1.807) is 6.07 Å². The summed E-state index contributed by atoms with van der Waals surface area (Å²) in [4.78, 5) is 26.0. The smallest absolute Gasteiger partial charge is 0.270 e. The zero-order valence-corrected chi connectivity index (χ0v) is 11.0. The van der Waals surface area contributed by atoms with Gasteiger partial charge in [0.2, 0.25) is 0 Å². The Morgan fingerprint density at radius 2 is 2.28 bits per heavy atom. The van der Waals surface area contributed by atoms with Crippen LogP contribution in [0.1, 0.15) is 16.1 Å². The SMILES string of the molecule is Cc1csc(Sc2ccc([N+](=O)[O-])cc2C=O)n1. The number of hydrogen-bond acceptors (Lipinski definition) is 6. The molecule has 92 valence electrons. The third-order valence-corrected chi connectivity index (χ3v) is 4.27. The molecule has 0 atom stereocenters. The zero-order chi connectivity index (χ0) is 13.1. The van der Waals surface area contributed by atoms with Crippen molar-refractivity contribution in [3.05, 3.63) is 45.0 Å². The Morgan fingerprint density at radius 3 is 2.83 bits per heavy atom. The van der Waals surface area contributed by atoms with Gasteiger partial charge in [-0.05, 0) is 13.0 Å². The van der Waals surface area contributed by atoms with Gasteiger partial charge in [-0.3, -0.25) is 14.9 Å². The molecule has 0 unspecified atom stereocenters. The molecule has 0 aliphatic rings. The first-order chi connectivity index (χ1) is 8.60. The number of aryl methyl sites for hydroxylation is 1. The molecule has 7 heteroatoms. The molecule has 0 saturated carbocycles. The lowest BCUT2D eigenvalue weighted by Gasteiger charge is -2.01. The lowest BCUT2D eigenvalue weighted by atomic mass is 10.2. The number of carbonyl (C=O) groups is 1. The fourth-order valence-electron chi connectivity index (χ4n) is 1.31. The van der Waals surface area contributed by atoms with Crippen LogP contribution in [0.25, 0.3) is 0 Å². The zero-order valence-electron chi connectivity index (χ0n) is 9.32. The minimum absolute atomic E-state index is 0.0863. The highest BCUT2D eigenvalue weighted by Gasteiger charge is 2.12. The molecule has 18 heavy (non-hydrogen) atoms. The van der Waals surface area contributed by atoms with Gasteiger partial charge in [-0.2, -0.15) is 0 Å². The molecule has 0 amide bonds. The van der Waals surface area contributed by atoms with Gasteiger partial charge in [0, 0.05) is 33.7 Å². The molecule has 5 nitrogen and oxygen atoms in total. The van der Waals surface area contributed by atoms with E-state index in [1.165, 1.54) is 35.2 Å². The van der Waals surface area contributed by atoms with Crippen molar-refractivity contribution < 1.29 is 9.72 Å². The molecule has 0 N–H and O–H groups in total. The maximum absolute atomic E-state index is 10.9. The molecule has 0 saturated heterocycles. The summed E-state index contributed by atoms with van der Waals surface area (Å²) in [7, 11) is 0. The van der Waals surface area contributed by atoms with Crippen molar-refractivity contribution in [3.8, 4) is 0 Å². The first-order valence-electron chi connectivity index (χ1n) is 4.94. The van der Waals surface area contributed by atoms with Crippen LogP contribution in [0.3, 0.4) is 0 Å². The van der Waals surface area contributed by atoms with E-state index in [9.17, 15) is 14.9 Å². The molecular formula is C11H8N2O3S2. The molecule has 1 heterocycles. The minimum Gasteiger partial charge on any atom is -0.298 e. The van der Waals surface area contributed by atoms with Crippen molar-refractivity contribution in [2.45, 2.75) is 16.2 Å². The van der Waals surface area contributed by atoms with Crippen molar-refractivity contribution in [2.75, 3.05) is 0 Å². The van der Waals surface area contributed by atoms with Crippen LogP contribution in [0.2, 0.25) is 0 Å². The molecule has 1 aromatic heterocycles. The Balaban J connectivity index is 2.33. The van der Waals surface area contributed by atoms with Crippen LogP contribution in [0.5, 0.6) is 0 Å². The molecular weight excluding hydrogens is 272 g/mol. The third-order valence-electron chi connectivity index (χ3n) is 2.13. The summed E-state index contributed by atoms with van der Waals surface area (Å²) in [5.74, 6) is 0. The Kier molecular flexibility index (Phi) is 3.73. The molecule has 1 aromatic carbocycles. The number of nitro benzene ring substituents is 1. The number of thiazole rings is 1. The van der Waals surface area contributed by atoms with Crippen LogP contribution in [0.15, 0.2) is 32.8 Å². The summed E-state index contributed by atoms with van der Waals surface area (Å²) < 4.78 is 0.810. The van der Waals surface area contributed by atoms with Gasteiger partial charge in [0.1, 0.15) is 0 Å². The van der Waals surface area contributed by atoms with Gasteiger partial charge in [-0.1, -0.05) is 11.8 Å². The normalized spacial score (nSPS) is 10.3.